The van der Waals surface area contributed by atoms with Crippen LogP contribution in [0.4, 0.5) is 0 Å². The number of hydrogen-bond acceptors (Lipinski definition) is 4. The third kappa shape index (κ3) is 3.86. The molecule has 7 heteroatoms. The number of carbonyl (C=O) groups excluding carboxylic acids is 2. The summed E-state index contributed by atoms with van der Waals surface area (Å²) in [5, 5.41) is 1.22. The molecule has 1 aromatic heterocycles. The molecule has 1 aromatic rings. The average molecular weight is 314 g/mol. The zero-order valence-corrected chi connectivity index (χ0v) is 12.5. The minimum atomic E-state index is -0.272. The van der Waals surface area contributed by atoms with E-state index < -0.39 is 0 Å². The number of piperidine rings is 1. The maximum absolute atomic E-state index is 12.1. The molecule has 108 valence electrons. The highest BCUT2D eigenvalue weighted by atomic mass is 35.5. The van der Waals surface area contributed by atoms with Gasteiger partial charge in [-0.25, -0.2) is 4.98 Å². The standard InChI is InChI=1S/C13H16ClN3O2S/c14-10-2-1-5-16-13(10)20-8-11(18)17-6-3-9(4-7-17)12(15)19/h1-2,5,9H,3-4,6-8H2,(H2,15,19). The molecule has 1 aliphatic heterocycles. The lowest BCUT2D eigenvalue weighted by Gasteiger charge is -2.30. The predicted octanol–water partition coefficient (Wildman–Crippen LogP) is 1.55. The summed E-state index contributed by atoms with van der Waals surface area (Å²) < 4.78 is 0. The summed E-state index contributed by atoms with van der Waals surface area (Å²) in [6.07, 6.45) is 2.95. The summed E-state index contributed by atoms with van der Waals surface area (Å²) >= 11 is 7.32. The molecule has 0 radical (unpaired) electrons. The van der Waals surface area contributed by atoms with E-state index in [-0.39, 0.29) is 17.7 Å². The van der Waals surface area contributed by atoms with Gasteiger partial charge >= 0.3 is 0 Å². The average Bonchev–Trinajstić information content (AvgIpc) is 2.46. The van der Waals surface area contributed by atoms with Crippen molar-refractivity contribution in [2.24, 2.45) is 11.7 Å². The van der Waals surface area contributed by atoms with Gasteiger partial charge in [-0.1, -0.05) is 23.4 Å². The molecule has 1 aliphatic rings. The maximum atomic E-state index is 12.1. The number of aromatic nitrogens is 1. The second-order valence-corrected chi connectivity index (χ2v) is 6.01. The van der Waals surface area contributed by atoms with Crippen LogP contribution in [0.25, 0.3) is 0 Å². The number of pyridine rings is 1. The van der Waals surface area contributed by atoms with Crippen molar-refractivity contribution in [2.75, 3.05) is 18.8 Å². The van der Waals surface area contributed by atoms with Crippen LogP contribution in [0.5, 0.6) is 0 Å². The fraction of sp³-hybridized carbons (Fsp3) is 0.462. The molecule has 0 spiro atoms. The van der Waals surface area contributed by atoms with Crippen LogP contribution in [0.1, 0.15) is 12.8 Å². The van der Waals surface area contributed by atoms with Crippen LogP contribution >= 0.6 is 23.4 Å². The Kier molecular flexibility index (Phi) is 5.25. The van der Waals surface area contributed by atoms with Crippen molar-refractivity contribution in [3.8, 4) is 0 Å². The smallest absolute Gasteiger partial charge is 0.232 e. The molecular formula is C13H16ClN3O2S. The minimum Gasteiger partial charge on any atom is -0.369 e. The molecule has 2 rings (SSSR count). The number of hydrogen-bond donors (Lipinski definition) is 1. The third-order valence-corrected chi connectivity index (χ3v) is 4.71. The molecule has 0 atom stereocenters. The van der Waals surface area contributed by atoms with Crippen LogP contribution in [-0.2, 0) is 9.59 Å². The van der Waals surface area contributed by atoms with Gasteiger partial charge in [-0.15, -0.1) is 0 Å². The lowest BCUT2D eigenvalue weighted by Crippen LogP contribution is -2.42. The van der Waals surface area contributed by atoms with Crippen molar-refractivity contribution >= 4 is 35.2 Å². The largest absolute Gasteiger partial charge is 0.369 e. The molecule has 2 amide bonds. The Morgan fingerprint density at radius 2 is 2.15 bits per heavy atom. The summed E-state index contributed by atoms with van der Waals surface area (Å²) in [4.78, 5) is 29.0. The quantitative estimate of drug-likeness (QED) is 0.856. The fourth-order valence-electron chi connectivity index (χ4n) is 2.11. The lowest BCUT2D eigenvalue weighted by molar-refractivity contribution is -0.132. The highest BCUT2D eigenvalue weighted by Gasteiger charge is 2.25. The Balaban J connectivity index is 1.82. The highest BCUT2D eigenvalue weighted by molar-refractivity contribution is 8.00. The molecule has 1 saturated heterocycles. The van der Waals surface area contributed by atoms with E-state index in [1.54, 1.807) is 23.2 Å². The molecule has 0 aliphatic carbocycles. The minimum absolute atomic E-state index is 0.0413. The van der Waals surface area contributed by atoms with Crippen LogP contribution in [0.2, 0.25) is 5.02 Å². The van der Waals surface area contributed by atoms with Crippen LogP contribution < -0.4 is 5.73 Å². The van der Waals surface area contributed by atoms with E-state index in [0.29, 0.717) is 41.7 Å². The number of amides is 2. The molecule has 2 heterocycles. The van der Waals surface area contributed by atoms with E-state index in [0.717, 1.165) is 0 Å². The Bertz CT molecular complexity index is 504. The van der Waals surface area contributed by atoms with E-state index in [2.05, 4.69) is 4.98 Å². The van der Waals surface area contributed by atoms with Gasteiger partial charge in [0.2, 0.25) is 11.8 Å². The fourth-order valence-corrected chi connectivity index (χ4v) is 3.18. The Morgan fingerprint density at radius 3 is 2.75 bits per heavy atom. The number of rotatable bonds is 4. The van der Waals surface area contributed by atoms with Crippen molar-refractivity contribution in [3.05, 3.63) is 23.4 Å². The Labute approximate surface area is 126 Å². The maximum Gasteiger partial charge on any atom is 0.232 e. The zero-order chi connectivity index (χ0) is 14.5. The summed E-state index contributed by atoms with van der Waals surface area (Å²) in [5.74, 6) is -0.0267. The number of primary amides is 1. The lowest BCUT2D eigenvalue weighted by atomic mass is 9.96. The van der Waals surface area contributed by atoms with Crippen LogP contribution in [0, 0.1) is 5.92 Å². The van der Waals surface area contributed by atoms with Crippen molar-refractivity contribution in [3.63, 3.8) is 0 Å². The van der Waals surface area contributed by atoms with Gasteiger partial charge in [-0.05, 0) is 25.0 Å². The summed E-state index contributed by atoms with van der Waals surface area (Å²) in [6, 6.07) is 3.50. The molecule has 0 saturated carbocycles. The molecule has 0 aromatic carbocycles. The summed E-state index contributed by atoms with van der Waals surface area (Å²) in [6.45, 7) is 1.17. The van der Waals surface area contributed by atoms with E-state index in [4.69, 9.17) is 17.3 Å². The van der Waals surface area contributed by atoms with Gasteiger partial charge in [0, 0.05) is 25.2 Å². The van der Waals surface area contributed by atoms with Gasteiger partial charge in [0.15, 0.2) is 0 Å². The van der Waals surface area contributed by atoms with Gasteiger partial charge < -0.3 is 10.6 Å². The van der Waals surface area contributed by atoms with Crippen molar-refractivity contribution < 1.29 is 9.59 Å². The van der Waals surface area contributed by atoms with Gasteiger partial charge in [0.05, 0.1) is 10.8 Å². The van der Waals surface area contributed by atoms with E-state index in [1.807, 2.05) is 0 Å². The number of carbonyl (C=O) groups is 2. The van der Waals surface area contributed by atoms with Gasteiger partial charge in [-0.3, -0.25) is 9.59 Å². The van der Waals surface area contributed by atoms with E-state index >= 15 is 0 Å². The second kappa shape index (κ2) is 6.95. The van der Waals surface area contributed by atoms with Crippen LogP contribution in [-0.4, -0.2) is 40.5 Å². The molecule has 5 nitrogen and oxygen atoms in total. The SMILES string of the molecule is NC(=O)C1CCN(C(=O)CSc2ncccc2Cl)CC1. The zero-order valence-electron chi connectivity index (χ0n) is 10.9. The molecular weight excluding hydrogens is 298 g/mol. The summed E-state index contributed by atoms with van der Waals surface area (Å²) in [5.41, 5.74) is 5.27. The molecule has 1 fully saturated rings. The van der Waals surface area contributed by atoms with Gasteiger partial charge in [0.25, 0.3) is 0 Å². The van der Waals surface area contributed by atoms with Crippen molar-refractivity contribution in [2.45, 2.75) is 17.9 Å². The monoisotopic (exact) mass is 313 g/mol. The second-order valence-electron chi connectivity index (χ2n) is 4.64. The molecule has 0 bridgehead atoms. The van der Waals surface area contributed by atoms with Gasteiger partial charge in [0.1, 0.15) is 5.03 Å². The Morgan fingerprint density at radius 1 is 1.45 bits per heavy atom. The third-order valence-electron chi connectivity index (χ3n) is 3.31. The molecule has 20 heavy (non-hydrogen) atoms. The Hall–Kier alpha value is -1.27. The highest BCUT2D eigenvalue weighted by Crippen LogP contribution is 2.25. The van der Waals surface area contributed by atoms with Crippen LogP contribution in [0.15, 0.2) is 23.4 Å². The first-order valence-corrected chi connectivity index (χ1v) is 7.74. The normalized spacial score (nSPS) is 16.1. The topological polar surface area (TPSA) is 76.3 Å². The summed E-state index contributed by atoms with van der Waals surface area (Å²) in [7, 11) is 0. The van der Waals surface area contributed by atoms with Gasteiger partial charge in [-0.2, -0.15) is 0 Å². The van der Waals surface area contributed by atoms with E-state index in [9.17, 15) is 9.59 Å². The first-order chi connectivity index (χ1) is 9.58. The first kappa shape index (κ1) is 15.1. The van der Waals surface area contributed by atoms with Crippen molar-refractivity contribution in [1.29, 1.82) is 0 Å². The first-order valence-electron chi connectivity index (χ1n) is 6.38. The number of thioether (sulfide) groups is 1. The predicted molar refractivity (Wildman–Crippen MR) is 78.5 cm³/mol. The molecule has 2 N–H and O–H groups in total. The van der Waals surface area contributed by atoms with Crippen LogP contribution in [0.3, 0.4) is 0 Å². The van der Waals surface area contributed by atoms with E-state index in [1.165, 1.54) is 11.8 Å². The number of halogens is 1. The van der Waals surface area contributed by atoms with Crippen molar-refractivity contribution in [1.82, 2.24) is 9.88 Å². The number of likely N-dealkylation sites (tertiary alicyclic amines) is 1. The number of nitrogens with two attached hydrogens (primary N) is 1. The molecule has 0 unspecified atom stereocenters. The number of nitrogens with zero attached hydrogens (tertiary/aromatic N) is 2.